The first-order chi connectivity index (χ1) is 9.38. The third-order valence-corrected chi connectivity index (χ3v) is 4.92. The van der Waals surface area contributed by atoms with Gasteiger partial charge in [-0.25, -0.2) is 9.97 Å². The molecule has 1 saturated heterocycles. The van der Waals surface area contributed by atoms with Gasteiger partial charge in [0, 0.05) is 13.0 Å². The molecule has 11 heteroatoms. The Labute approximate surface area is 126 Å². The zero-order valence-corrected chi connectivity index (χ0v) is 12.7. The Bertz CT molecular complexity index is 807. The Morgan fingerprint density at radius 2 is 2.20 bits per heavy atom. The van der Waals surface area contributed by atoms with Gasteiger partial charge in [0.25, 0.3) is 0 Å². The van der Waals surface area contributed by atoms with Gasteiger partial charge in [-0.3, -0.25) is 14.8 Å². The highest BCUT2D eigenvalue weighted by molar-refractivity contribution is 14.1. The monoisotopic (exact) mass is 411 g/mol. The number of fused-ring (bicyclic) bond motifs is 1. The summed E-state index contributed by atoms with van der Waals surface area (Å²) in [5.41, 5.74) is 0.360. The smallest absolute Gasteiger partial charge is 0.295 e. The molecule has 0 spiro atoms. The average Bonchev–Trinajstić information content (AvgIpc) is 2.93. The number of carbonyl (C=O) groups is 1. The van der Waals surface area contributed by atoms with Gasteiger partial charge in [-0.1, -0.05) is 0 Å². The molecule has 2 aromatic rings. The first-order valence-electron chi connectivity index (χ1n) is 5.46. The lowest BCUT2D eigenvalue weighted by molar-refractivity contribution is -0.117. The fraction of sp³-hybridized carbons (Fsp3) is 0.333. The van der Waals surface area contributed by atoms with Crippen LogP contribution in [0.4, 0.5) is 9.70 Å². The van der Waals surface area contributed by atoms with Crippen molar-refractivity contribution >= 4 is 55.6 Å². The maximum Gasteiger partial charge on any atom is 0.307 e. The Morgan fingerprint density at radius 3 is 2.85 bits per heavy atom. The van der Waals surface area contributed by atoms with Crippen molar-refractivity contribution in [3.05, 3.63) is 10.0 Å². The fourth-order valence-corrected chi connectivity index (χ4v) is 3.35. The molecule has 2 aromatic heterocycles. The quantitative estimate of drug-likeness (QED) is 0.565. The summed E-state index contributed by atoms with van der Waals surface area (Å²) in [4.78, 5) is 21.0. The van der Waals surface area contributed by atoms with Gasteiger partial charge < -0.3 is 0 Å². The molecule has 3 heterocycles. The van der Waals surface area contributed by atoms with Crippen LogP contribution >= 0.6 is 22.6 Å². The number of H-pyrrole nitrogens is 1. The molecule has 0 radical (unpaired) electrons. The van der Waals surface area contributed by atoms with Crippen LogP contribution < -0.4 is 4.90 Å². The Hall–Kier alpha value is -1.37. The van der Waals surface area contributed by atoms with E-state index in [0.29, 0.717) is 14.7 Å². The Morgan fingerprint density at radius 1 is 1.45 bits per heavy atom. The molecule has 1 aliphatic heterocycles. The average molecular weight is 411 g/mol. The van der Waals surface area contributed by atoms with E-state index in [9.17, 15) is 17.1 Å². The van der Waals surface area contributed by atoms with Crippen LogP contribution in [0.5, 0.6) is 0 Å². The van der Waals surface area contributed by atoms with E-state index in [0.717, 1.165) is 4.90 Å². The molecular weight excluding hydrogens is 404 g/mol. The van der Waals surface area contributed by atoms with E-state index in [1.165, 1.54) is 6.33 Å². The lowest BCUT2D eigenvalue weighted by Crippen LogP contribution is -2.28. The van der Waals surface area contributed by atoms with Crippen molar-refractivity contribution in [1.82, 2.24) is 20.2 Å². The minimum absolute atomic E-state index is 0.240. The molecule has 1 N–H and O–H groups in total. The van der Waals surface area contributed by atoms with E-state index in [1.54, 1.807) is 0 Å². The van der Waals surface area contributed by atoms with E-state index in [1.807, 2.05) is 22.6 Å². The standard InChI is InChI=1S/C9H7FIN5O3S/c10-20(18,19)4-1-5(17)16(2-4)9-6-7(11)14-15-8(6)12-3-13-9/h3-4H,1-2H2,(H,12,13,14,15). The van der Waals surface area contributed by atoms with E-state index in [4.69, 9.17) is 0 Å². The summed E-state index contributed by atoms with van der Waals surface area (Å²) in [5.74, 6) is -0.252. The number of hydrogen-bond acceptors (Lipinski definition) is 6. The van der Waals surface area contributed by atoms with Gasteiger partial charge >= 0.3 is 10.2 Å². The van der Waals surface area contributed by atoms with Gasteiger partial charge in [0.15, 0.2) is 11.5 Å². The molecule has 0 aromatic carbocycles. The largest absolute Gasteiger partial charge is 0.307 e. The van der Waals surface area contributed by atoms with Crippen molar-refractivity contribution in [2.45, 2.75) is 11.7 Å². The second-order valence-electron chi connectivity index (χ2n) is 4.24. The zero-order chi connectivity index (χ0) is 14.5. The molecule has 20 heavy (non-hydrogen) atoms. The van der Waals surface area contributed by atoms with E-state index in [-0.39, 0.29) is 12.4 Å². The fourth-order valence-electron chi connectivity index (χ4n) is 2.08. The van der Waals surface area contributed by atoms with Crippen LogP contribution in [0, 0.1) is 3.70 Å². The molecule has 1 aliphatic rings. The minimum Gasteiger partial charge on any atom is -0.295 e. The molecule has 106 valence electrons. The van der Waals surface area contributed by atoms with E-state index >= 15 is 0 Å². The number of halogens is 2. The van der Waals surface area contributed by atoms with Gasteiger partial charge in [-0.15, -0.1) is 3.89 Å². The van der Waals surface area contributed by atoms with Gasteiger partial charge in [0.1, 0.15) is 15.3 Å². The SMILES string of the molecule is O=C1CC(S(=O)(=O)F)CN1c1ncnc2n[nH]c(I)c12. The molecule has 1 atom stereocenters. The summed E-state index contributed by atoms with van der Waals surface area (Å²) in [7, 11) is -4.76. The number of carbonyl (C=O) groups excluding carboxylic acids is 1. The Kier molecular flexibility index (Phi) is 3.12. The summed E-state index contributed by atoms with van der Waals surface area (Å²) in [6.45, 7) is -0.259. The van der Waals surface area contributed by atoms with Crippen molar-refractivity contribution in [3.8, 4) is 0 Å². The molecule has 0 saturated carbocycles. The van der Waals surface area contributed by atoms with Crippen molar-refractivity contribution in [1.29, 1.82) is 0 Å². The van der Waals surface area contributed by atoms with Crippen LogP contribution in [0.3, 0.4) is 0 Å². The zero-order valence-electron chi connectivity index (χ0n) is 9.75. The van der Waals surface area contributed by atoms with Crippen molar-refractivity contribution in [3.63, 3.8) is 0 Å². The topological polar surface area (TPSA) is 109 Å². The number of nitrogens with zero attached hydrogens (tertiary/aromatic N) is 4. The van der Waals surface area contributed by atoms with Crippen LogP contribution in [0.1, 0.15) is 6.42 Å². The molecule has 1 fully saturated rings. The second-order valence-corrected chi connectivity index (χ2v) is 6.94. The van der Waals surface area contributed by atoms with Gasteiger partial charge in [0.2, 0.25) is 5.91 Å². The maximum atomic E-state index is 13.0. The summed E-state index contributed by atoms with van der Waals surface area (Å²) in [6, 6.07) is 0. The highest BCUT2D eigenvalue weighted by Gasteiger charge is 2.40. The van der Waals surface area contributed by atoms with Crippen LogP contribution in [-0.2, 0) is 15.0 Å². The van der Waals surface area contributed by atoms with Gasteiger partial charge in [0.05, 0.1) is 5.39 Å². The van der Waals surface area contributed by atoms with Crippen LogP contribution in [0.25, 0.3) is 11.0 Å². The lowest BCUT2D eigenvalue weighted by Gasteiger charge is -2.15. The van der Waals surface area contributed by atoms with Crippen molar-refractivity contribution in [2.24, 2.45) is 0 Å². The highest BCUT2D eigenvalue weighted by atomic mass is 127. The number of hydrogen-bond donors (Lipinski definition) is 1. The number of aromatic nitrogens is 4. The molecule has 3 rings (SSSR count). The molecule has 1 amide bonds. The maximum absolute atomic E-state index is 13.0. The first-order valence-corrected chi connectivity index (χ1v) is 7.99. The highest BCUT2D eigenvalue weighted by Crippen LogP contribution is 2.30. The summed E-state index contributed by atoms with van der Waals surface area (Å²) in [5, 5.41) is 5.79. The lowest BCUT2D eigenvalue weighted by atomic mass is 10.3. The third-order valence-electron chi connectivity index (χ3n) is 3.03. The predicted octanol–water partition coefficient (Wildman–Crippen LogP) is 0.362. The molecule has 1 unspecified atom stereocenters. The number of rotatable bonds is 2. The van der Waals surface area contributed by atoms with Crippen LogP contribution in [0.2, 0.25) is 0 Å². The number of amides is 1. The van der Waals surface area contributed by atoms with Crippen LogP contribution in [0.15, 0.2) is 6.33 Å². The number of aromatic amines is 1. The van der Waals surface area contributed by atoms with Crippen LogP contribution in [-0.4, -0.2) is 46.3 Å². The third kappa shape index (κ3) is 2.13. The van der Waals surface area contributed by atoms with E-state index in [2.05, 4.69) is 20.2 Å². The van der Waals surface area contributed by atoms with E-state index < -0.39 is 27.8 Å². The van der Waals surface area contributed by atoms with Crippen molar-refractivity contribution < 1.29 is 17.1 Å². The Balaban J connectivity index is 2.08. The molecule has 0 bridgehead atoms. The second kappa shape index (κ2) is 4.58. The van der Waals surface area contributed by atoms with Gasteiger partial charge in [-0.2, -0.15) is 13.5 Å². The normalized spacial score (nSPS) is 20.0. The summed E-state index contributed by atoms with van der Waals surface area (Å²) >= 11 is 1.97. The molecular formula is C9H7FIN5O3S. The minimum atomic E-state index is -4.76. The molecule has 0 aliphatic carbocycles. The van der Waals surface area contributed by atoms with Crippen molar-refractivity contribution in [2.75, 3.05) is 11.4 Å². The predicted molar refractivity (Wildman–Crippen MR) is 75.2 cm³/mol. The van der Waals surface area contributed by atoms with Gasteiger partial charge in [-0.05, 0) is 22.6 Å². The number of nitrogens with one attached hydrogen (secondary N) is 1. The summed E-state index contributed by atoms with van der Waals surface area (Å²) in [6.07, 6.45) is 0.831. The molecule has 8 nitrogen and oxygen atoms in total. The number of anilines is 1. The summed E-state index contributed by atoms with van der Waals surface area (Å²) < 4.78 is 35.5. The first kappa shape index (κ1) is 13.6.